The van der Waals surface area contributed by atoms with Crippen molar-refractivity contribution in [2.75, 3.05) is 0 Å². The molecule has 0 aromatic heterocycles. The molecule has 146 valence electrons. The van der Waals surface area contributed by atoms with Crippen molar-refractivity contribution in [1.82, 2.24) is 0 Å². The Kier molecular flexibility index (Phi) is 7.44. The highest BCUT2D eigenvalue weighted by atomic mass is 28.3. The van der Waals surface area contributed by atoms with Gasteiger partial charge in [0.05, 0.1) is 17.2 Å². The average Bonchev–Trinajstić information content (AvgIpc) is 2.75. The quantitative estimate of drug-likeness (QED) is 0.249. The SMILES string of the molecule is CCCCC[SiH]1CCC(c2ccc(C(=O)Oc3ccc(C#N)cc3)cc2)CC1. The van der Waals surface area contributed by atoms with Crippen molar-refractivity contribution in [3.63, 3.8) is 0 Å². The molecule has 28 heavy (non-hydrogen) atoms. The average molecular weight is 392 g/mol. The lowest BCUT2D eigenvalue weighted by Gasteiger charge is -2.28. The molecule has 0 radical (unpaired) electrons. The summed E-state index contributed by atoms with van der Waals surface area (Å²) in [6, 6.07) is 21.1. The second kappa shape index (κ2) is 10.2. The van der Waals surface area contributed by atoms with Crippen LogP contribution in [0.5, 0.6) is 5.75 Å². The molecule has 3 nitrogen and oxygen atoms in total. The lowest BCUT2D eigenvalue weighted by Crippen LogP contribution is -2.20. The lowest BCUT2D eigenvalue weighted by molar-refractivity contribution is 0.0734. The first-order valence-electron chi connectivity index (χ1n) is 10.5. The van der Waals surface area contributed by atoms with Crippen molar-refractivity contribution < 1.29 is 9.53 Å². The Morgan fingerprint density at radius 1 is 1.07 bits per heavy atom. The van der Waals surface area contributed by atoms with Gasteiger partial charge in [-0.1, -0.05) is 56.5 Å². The third-order valence-corrected chi connectivity index (χ3v) is 9.40. The van der Waals surface area contributed by atoms with Crippen molar-refractivity contribution in [1.29, 1.82) is 5.26 Å². The van der Waals surface area contributed by atoms with Crippen LogP contribution in [0.4, 0.5) is 0 Å². The van der Waals surface area contributed by atoms with E-state index in [9.17, 15) is 4.79 Å². The number of rotatable bonds is 7. The molecule has 0 amide bonds. The van der Waals surface area contributed by atoms with Crippen molar-refractivity contribution in [2.24, 2.45) is 0 Å². The van der Waals surface area contributed by atoms with E-state index in [0.29, 0.717) is 22.8 Å². The molecule has 2 aromatic carbocycles. The van der Waals surface area contributed by atoms with E-state index < -0.39 is 8.80 Å². The van der Waals surface area contributed by atoms with E-state index in [2.05, 4.69) is 25.1 Å². The van der Waals surface area contributed by atoms with E-state index in [1.165, 1.54) is 55.8 Å². The number of nitrogens with zero attached hydrogens (tertiary/aromatic N) is 1. The van der Waals surface area contributed by atoms with E-state index in [0.717, 1.165) is 0 Å². The Morgan fingerprint density at radius 3 is 2.36 bits per heavy atom. The maximum Gasteiger partial charge on any atom is 0.343 e. The minimum absolute atomic E-state index is 0.358. The summed E-state index contributed by atoms with van der Waals surface area (Å²) >= 11 is 0. The van der Waals surface area contributed by atoms with Gasteiger partial charge in [-0.15, -0.1) is 0 Å². The number of hydrogen-bond acceptors (Lipinski definition) is 3. The van der Waals surface area contributed by atoms with Crippen molar-refractivity contribution >= 4 is 14.8 Å². The van der Waals surface area contributed by atoms with Crippen LogP contribution in [-0.4, -0.2) is 14.8 Å². The van der Waals surface area contributed by atoms with Gasteiger partial charge in [0, 0.05) is 8.80 Å². The third kappa shape index (κ3) is 5.56. The number of ether oxygens (including phenoxy) is 1. The summed E-state index contributed by atoms with van der Waals surface area (Å²) in [6.45, 7) is 2.28. The lowest BCUT2D eigenvalue weighted by atomic mass is 9.93. The fourth-order valence-electron chi connectivity index (χ4n) is 4.12. The molecule has 2 aromatic rings. The normalized spacial score (nSPS) is 19.0. The molecule has 0 atom stereocenters. The molecule has 1 heterocycles. The summed E-state index contributed by atoms with van der Waals surface area (Å²) in [6.07, 6.45) is 6.79. The van der Waals surface area contributed by atoms with Crippen LogP contribution in [0.1, 0.15) is 66.4 Å². The number of esters is 1. The van der Waals surface area contributed by atoms with Crippen LogP contribution < -0.4 is 4.74 Å². The van der Waals surface area contributed by atoms with Gasteiger partial charge in [0.15, 0.2) is 0 Å². The van der Waals surface area contributed by atoms with Crippen LogP contribution >= 0.6 is 0 Å². The second-order valence-electron chi connectivity index (χ2n) is 7.86. The Labute approximate surface area is 170 Å². The molecule has 1 saturated heterocycles. The summed E-state index contributed by atoms with van der Waals surface area (Å²) in [7, 11) is -0.486. The van der Waals surface area contributed by atoms with E-state index in [1.807, 2.05) is 12.1 Å². The van der Waals surface area contributed by atoms with Crippen molar-refractivity contribution in [3.05, 3.63) is 65.2 Å². The van der Waals surface area contributed by atoms with E-state index in [4.69, 9.17) is 10.00 Å². The number of carbonyl (C=O) groups is 1. The van der Waals surface area contributed by atoms with Gasteiger partial charge < -0.3 is 4.74 Å². The highest BCUT2D eigenvalue weighted by molar-refractivity contribution is 6.59. The Balaban J connectivity index is 1.52. The largest absolute Gasteiger partial charge is 0.423 e. The molecule has 3 rings (SSSR count). The molecular formula is C24H29NO2Si. The summed E-state index contributed by atoms with van der Waals surface area (Å²) in [4.78, 5) is 12.3. The number of carbonyl (C=O) groups excluding carboxylic acids is 1. The van der Waals surface area contributed by atoms with Gasteiger partial charge in [-0.25, -0.2) is 4.79 Å². The Morgan fingerprint density at radius 2 is 1.75 bits per heavy atom. The smallest absolute Gasteiger partial charge is 0.343 e. The van der Waals surface area contributed by atoms with Crippen LogP contribution in [0.25, 0.3) is 0 Å². The molecule has 0 aliphatic carbocycles. The van der Waals surface area contributed by atoms with Gasteiger partial charge in [-0.05, 0) is 60.7 Å². The maximum absolute atomic E-state index is 12.3. The third-order valence-electron chi connectivity index (χ3n) is 5.87. The molecule has 0 saturated carbocycles. The minimum atomic E-state index is -0.486. The molecule has 0 bridgehead atoms. The summed E-state index contributed by atoms with van der Waals surface area (Å²) in [5, 5.41) is 8.83. The van der Waals surface area contributed by atoms with E-state index in [1.54, 1.807) is 24.3 Å². The summed E-state index contributed by atoms with van der Waals surface area (Å²) in [5.74, 6) is 0.751. The van der Waals surface area contributed by atoms with Crippen LogP contribution in [0, 0.1) is 11.3 Å². The molecular weight excluding hydrogens is 362 g/mol. The first kappa shape index (κ1) is 20.4. The fourth-order valence-corrected chi connectivity index (χ4v) is 7.60. The van der Waals surface area contributed by atoms with Gasteiger partial charge in [0.1, 0.15) is 5.75 Å². The highest BCUT2D eigenvalue weighted by Gasteiger charge is 2.23. The first-order valence-corrected chi connectivity index (χ1v) is 13.0. The Bertz CT molecular complexity index is 800. The van der Waals surface area contributed by atoms with Crippen LogP contribution in [0.2, 0.25) is 18.1 Å². The van der Waals surface area contributed by atoms with E-state index >= 15 is 0 Å². The summed E-state index contributed by atoms with van der Waals surface area (Å²) in [5.41, 5.74) is 2.47. The first-order chi connectivity index (χ1) is 13.7. The zero-order chi connectivity index (χ0) is 19.8. The molecule has 4 heteroatoms. The van der Waals surface area contributed by atoms with Gasteiger partial charge >= 0.3 is 5.97 Å². The maximum atomic E-state index is 12.3. The predicted octanol–water partition coefficient (Wildman–Crippen LogP) is 6.07. The number of nitriles is 1. The topological polar surface area (TPSA) is 50.1 Å². The highest BCUT2D eigenvalue weighted by Crippen LogP contribution is 2.35. The standard InChI is InChI=1S/C24H29NO2Si/c1-2-3-4-15-28-16-13-21(14-17-28)20-7-9-22(10-8-20)24(26)27-23-11-5-19(18-25)6-12-23/h5-12,21,28H,2-4,13-17H2,1H3. The molecule has 1 fully saturated rings. The molecule has 0 spiro atoms. The molecule has 0 unspecified atom stereocenters. The molecule has 1 aliphatic heterocycles. The summed E-state index contributed by atoms with van der Waals surface area (Å²) < 4.78 is 5.40. The van der Waals surface area contributed by atoms with Crippen molar-refractivity contribution in [2.45, 2.75) is 63.1 Å². The zero-order valence-electron chi connectivity index (χ0n) is 16.7. The number of unbranched alkanes of at least 4 members (excludes halogenated alkanes) is 2. The monoisotopic (exact) mass is 391 g/mol. The van der Waals surface area contributed by atoms with Gasteiger partial charge in [0.25, 0.3) is 0 Å². The minimum Gasteiger partial charge on any atom is -0.423 e. The fraction of sp³-hybridized carbons (Fsp3) is 0.417. The van der Waals surface area contributed by atoms with Crippen LogP contribution in [-0.2, 0) is 0 Å². The zero-order valence-corrected chi connectivity index (χ0v) is 17.8. The molecule has 0 N–H and O–H groups in total. The van der Waals surface area contributed by atoms with Crippen LogP contribution in [0.3, 0.4) is 0 Å². The van der Waals surface area contributed by atoms with Gasteiger partial charge in [0.2, 0.25) is 0 Å². The van der Waals surface area contributed by atoms with Crippen LogP contribution in [0.15, 0.2) is 48.5 Å². The molecule has 1 aliphatic rings. The van der Waals surface area contributed by atoms with Gasteiger partial charge in [-0.3, -0.25) is 0 Å². The Hall–Kier alpha value is -2.38. The number of benzene rings is 2. The van der Waals surface area contributed by atoms with E-state index in [-0.39, 0.29) is 5.97 Å². The van der Waals surface area contributed by atoms with Crippen molar-refractivity contribution in [3.8, 4) is 11.8 Å². The number of hydrogen-bond donors (Lipinski definition) is 0. The second-order valence-corrected chi connectivity index (χ2v) is 11.3. The predicted molar refractivity (Wildman–Crippen MR) is 116 cm³/mol. The van der Waals surface area contributed by atoms with Gasteiger partial charge in [-0.2, -0.15) is 5.26 Å².